The number of likely N-dealkylation sites (tertiary alicyclic amines) is 1. The van der Waals surface area contributed by atoms with Crippen LogP contribution < -0.4 is 10.2 Å². The van der Waals surface area contributed by atoms with Crippen molar-refractivity contribution in [2.24, 2.45) is 0 Å². The first-order chi connectivity index (χ1) is 16.1. The van der Waals surface area contributed by atoms with E-state index in [9.17, 15) is 26.4 Å². The van der Waals surface area contributed by atoms with E-state index in [2.05, 4.69) is 19.6 Å². The van der Waals surface area contributed by atoms with Gasteiger partial charge >= 0.3 is 12.1 Å². The Morgan fingerprint density at radius 2 is 1.94 bits per heavy atom. The Morgan fingerprint density at radius 1 is 1.21 bits per heavy atom. The molecule has 2 aliphatic rings. The molecular weight excluding hydrogens is 475 g/mol. The van der Waals surface area contributed by atoms with Gasteiger partial charge in [0.05, 0.1) is 10.6 Å². The summed E-state index contributed by atoms with van der Waals surface area (Å²) in [7, 11) is -4.53. The fraction of sp³-hybridized carbons (Fsp3) is 0.524. The van der Waals surface area contributed by atoms with Crippen LogP contribution in [0.15, 0.2) is 35.4 Å². The number of sulfonamides is 1. The quantitative estimate of drug-likeness (QED) is 0.533. The zero-order chi connectivity index (χ0) is 24.3. The molecule has 4 rings (SSSR count). The van der Waals surface area contributed by atoms with E-state index in [1.165, 1.54) is 29.5 Å². The molecule has 0 aliphatic carbocycles. The van der Waals surface area contributed by atoms with Crippen LogP contribution in [0.5, 0.6) is 0 Å². The summed E-state index contributed by atoms with van der Waals surface area (Å²) in [6, 6.07) is 5.62. The fourth-order valence-corrected chi connectivity index (χ4v) is 4.85. The average Bonchev–Trinajstić information content (AvgIpc) is 3.21. The van der Waals surface area contributed by atoms with Gasteiger partial charge in [0.2, 0.25) is 0 Å². The Hall–Kier alpha value is -2.48. The van der Waals surface area contributed by atoms with Gasteiger partial charge in [-0.2, -0.15) is 13.2 Å². The summed E-state index contributed by atoms with van der Waals surface area (Å²) in [6.07, 6.45) is -0.339. The number of piperidine rings is 1. The number of nitrogens with zero attached hydrogens (tertiary/aromatic N) is 3. The van der Waals surface area contributed by atoms with Crippen LogP contribution in [-0.4, -0.2) is 67.7 Å². The highest BCUT2D eigenvalue weighted by Crippen LogP contribution is 2.29. The lowest BCUT2D eigenvalue weighted by molar-refractivity contribution is -0.203. The molecule has 0 amide bonds. The molecule has 2 saturated heterocycles. The average molecular weight is 502 g/mol. The van der Waals surface area contributed by atoms with Crippen molar-refractivity contribution in [3.63, 3.8) is 0 Å². The number of rotatable bonds is 8. The monoisotopic (exact) mass is 501 g/mol. The second kappa shape index (κ2) is 10.0. The molecule has 186 valence electrons. The van der Waals surface area contributed by atoms with E-state index in [0.717, 1.165) is 57.9 Å². The smallest absolute Gasteiger partial charge is 0.348 e. The van der Waals surface area contributed by atoms with Crippen LogP contribution >= 0.6 is 0 Å². The molecule has 2 fully saturated rings. The SMILES string of the molecule is O=C(ONS(=O)(=O)c1cccc(-c2cn(CCN3CCC3)c(C3CCNCC3)n2)c1)C(F)(F)F. The summed E-state index contributed by atoms with van der Waals surface area (Å²) in [5, 5.41) is 3.34. The van der Waals surface area contributed by atoms with Crippen molar-refractivity contribution < 1.29 is 31.2 Å². The van der Waals surface area contributed by atoms with Gasteiger partial charge < -0.3 is 19.6 Å². The third-order valence-electron chi connectivity index (χ3n) is 6.03. The molecule has 2 aromatic rings. The summed E-state index contributed by atoms with van der Waals surface area (Å²) in [6.45, 7) is 5.62. The van der Waals surface area contributed by atoms with Gasteiger partial charge in [-0.3, -0.25) is 0 Å². The number of carbonyl (C=O) groups excluding carboxylic acids is 1. The number of imidazole rings is 1. The Morgan fingerprint density at radius 3 is 2.59 bits per heavy atom. The second-order valence-corrected chi connectivity index (χ2v) is 10.0. The van der Waals surface area contributed by atoms with E-state index in [1.54, 1.807) is 6.07 Å². The van der Waals surface area contributed by atoms with Crippen molar-refractivity contribution in [3.05, 3.63) is 36.3 Å². The molecule has 0 radical (unpaired) electrons. The highest BCUT2D eigenvalue weighted by molar-refractivity contribution is 7.89. The molecule has 0 saturated carbocycles. The summed E-state index contributed by atoms with van der Waals surface area (Å²) in [5.74, 6) is -1.43. The van der Waals surface area contributed by atoms with Crippen LogP contribution in [0, 0.1) is 0 Å². The highest BCUT2D eigenvalue weighted by atomic mass is 32.2. The standard InChI is InChI=1S/C21H26F3N5O4S/c22-21(23,24)20(30)33-27-34(31,32)17-4-1-3-16(13-17)18-14-29(12-11-28-9-2-10-28)19(26-18)15-5-7-25-8-6-15/h1,3-4,13-15,25,27H,2,5-12H2. The molecule has 0 atom stereocenters. The van der Waals surface area contributed by atoms with Gasteiger partial charge in [-0.1, -0.05) is 12.1 Å². The van der Waals surface area contributed by atoms with Gasteiger partial charge in [-0.15, -0.1) is 0 Å². The van der Waals surface area contributed by atoms with Gasteiger partial charge in [-0.05, 0) is 62.5 Å². The van der Waals surface area contributed by atoms with Crippen molar-refractivity contribution in [1.82, 2.24) is 24.7 Å². The summed E-state index contributed by atoms with van der Waals surface area (Å²) in [4.78, 5) is 22.6. The Kier molecular flexibility index (Phi) is 7.26. The maximum absolute atomic E-state index is 12.4. The first kappa shape index (κ1) is 24.6. The molecule has 0 bridgehead atoms. The van der Waals surface area contributed by atoms with Crippen molar-refractivity contribution in [2.75, 3.05) is 32.7 Å². The van der Waals surface area contributed by atoms with Crippen LogP contribution in [0.1, 0.15) is 31.0 Å². The van der Waals surface area contributed by atoms with Gasteiger partial charge in [0, 0.05) is 30.8 Å². The lowest BCUT2D eigenvalue weighted by atomic mass is 9.97. The molecule has 3 heterocycles. The Labute approximate surface area is 195 Å². The van der Waals surface area contributed by atoms with Crippen LogP contribution in [-0.2, 0) is 26.2 Å². The molecule has 34 heavy (non-hydrogen) atoms. The van der Waals surface area contributed by atoms with Crippen molar-refractivity contribution in [2.45, 2.75) is 42.8 Å². The molecule has 13 heteroatoms. The lowest BCUT2D eigenvalue weighted by Crippen LogP contribution is -2.39. The normalized spacial score (nSPS) is 18.0. The van der Waals surface area contributed by atoms with Gasteiger partial charge in [0.25, 0.3) is 10.0 Å². The maximum Gasteiger partial charge on any atom is 0.492 e. The molecule has 0 spiro atoms. The third kappa shape index (κ3) is 5.77. The minimum absolute atomic E-state index is 0.279. The zero-order valence-corrected chi connectivity index (χ0v) is 19.2. The van der Waals surface area contributed by atoms with Crippen molar-refractivity contribution in [1.29, 1.82) is 0 Å². The summed E-state index contributed by atoms with van der Waals surface area (Å²) >= 11 is 0. The zero-order valence-electron chi connectivity index (χ0n) is 18.3. The molecule has 1 aromatic carbocycles. The second-order valence-electron chi connectivity index (χ2n) is 8.40. The fourth-order valence-electron chi connectivity index (χ4n) is 4.03. The molecular formula is C21H26F3N5O4S. The minimum atomic E-state index is -5.32. The van der Waals surface area contributed by atoms with Crippen LogP contribution in [0.4, 0.5) is 13.2 Å². The van der Waals surface area contributed by atoms with E-state index in [-0.39, 0.29) is 10.8 Å². The Balaban J connectivity index is 1.56. The topological polar surface area (TPSA) is 106 Å². The van der Waals surface area contributed by atoms with Gasteiger partial charge in [0.15, 0.2) is 0 Å². The number of carbonyl (C=O) groups is 1. The molecule has 2 aliphatic heterocycles. The molecule has 1 aromatic heterocycles. The van der Waals surface area contributed by atoms with Crippen LogP contribution in [0.25, 0.3) is 11.3 Å². The number of benzene rings is 1. The predicted octanol–water partition coefficient (Wildman–Crippen LogP) is 2.02. The molecule has 0 unspecified atom stereocenters. The van der Waals surface area contributed by atoms with E-state index in [1.807, 2.05) is 6.20 Å². The predicted molar refractivity (Wildman–Crippen MR) is 116 cm³/mol. The summed E-state index contributed by atoms with van der Waals surface area (Å²) < 4.78 is 63.9. The van der Waals surface area contributed by atoms with Crippen LogP contribution in [0.2, 0.25) is 0 Å². The van der Waals surface area contributed by atoms with Crippen molar-refractivity contribution in [3.8, 4) is 11.3 Å². The summed E-state index contributed by atoms with van der Waals surface area (Å²) in [5.41, 5.74) is 1.06. The Bertz CT molecular complexity index is 1130. The number of hydrogen-bond donors (Lipinski definition) is 2. The van der Waals surface area contributed by atoms with E-state index >= 15 is 0 Å². The minimum Gasteiger partial charge on any atom is -0.348 e. The number of hydrogen-bond acceptors (Lipinski definition) is 7. The van der Waals surface area contributed by atoms with E-state index in [4.69, 9.17) is 4.98 Å². The lowest BCUT2D eigenvalue weighted by Gasteiger charge is -2.31. The van der Waals surface area contributed by atoms with Gasteiger partial charge in [0.1, 0.15) is 5.82 Å². The van der Waals surface area contributed by atoms with E-state index < -0.39 is 22.2 Å². The first-order valence-corrected chi connectivity index (χ1v) is 12.5. The van der Waals surface area contributed by atoms with Gasteiger partial charge in [-0.25, -0.2) is 18.2 Å². The first-order valence-electron chi connectivity index (χ1n) is 11.0. The van der Waals surface area contributed by atoms with Crippen LogP contribution in [0.3, 0.4) is 0 Å². The number of alkyl halides is 3. The van der Waals surface area contributed by atoms with Crippen molar-refractivity contribution >= 4 is 16.0 Å². The third-order valence-corrected chi connectivity index (χ3v) is 7.21. The maximum atomic E-state index is 12.4. The number of halogens is 3. The highest BCUT2D eigenvalue weighted by Gasteiger charge is 2.42. The molecule has 2 N–H and O–H groups in total. The van der Waals surface area contributed by atoms with E-state index in [0.29, 0.717) is 11.3 Å². The largest absolute Gasteiger partial charge is 0.492 e. The number of nitrogens with one attached hydrogen (secondary N) is 2. The molecule has 9 nitrogen and oxygen atoms in total. The number of aromatic nitrogens is 2.